The molecule has 0 aromatic heterocycles. The molecule has 2 N–H and O–H groups in total. The smallest absolute Gasteiger partial charge is 0.224 e. The first-order chi connectivity index (χ1) is 8.24. The molecule has 1 saturated heterocycles. The molecular weight excluding hydrogens is 219 g/mol. The molecule has 1 fully saturated rings. The average Bonchev–Trinajstić information content (AvgIpc) is 2.79. The lowest BCUT2D eigenvalue weighted by atomic mass is 10.1. The van der Waals surface area contributed by atoms with Gasteiger partial charge in [-0.25, -0.2) is 4.39 Å². The summed E-state index contributed by atoms with van der Waals surface area (Å²) in [5.41, 5.74) is 0.523. The molecule has 0 radical (unpaired) electrons. The van der Waals surface area contributed by atoms with Gasteiger partial charge in [0.1, 0.15) is 5.82 Å². The van der Waals surface area contributed by atoms with E-state index >= 15 is 0 Å². The van der Waals surface area contributed by atoms with Crippen molar-refractivity contribution in [2.24, 2.45) is 0 Å². The molecule has 4 heteroatoms. The van der Waals surface area contributed by atoms with Crippen LogP contribution in [-0.2, 0) is 4.79 Å². The molecule has 1 atom stereocenters. The molecule has 1 unspecified atom stereocenters. The first-order valence-electron chi connectivity index (χ1n) is 6.03. The van der Waals surface area contributed by atoms with Gasteiger partial charge in [-0.15, -0.1) is 0 Å². The van der Waals surface area contributed by atoms with E-state index in [9.17, 15) is 9.18 Å². The Kier molecular flexibility index (Phi) is 4.09. The monoisotopic (exact) mass is 236 g/mol. The van der Waals surface area contributed by atoms with Crippen molar-refractivity contribution in [3.8, 4) is 0 Å². The van der Waals surface area contributed by atoms with Crippen molar-refractivity contribution in [3.05, 3.63) is 30.1 Å². The molecule has 1 aromatic rings. The van der Waals surface area contributed by atoms with Crippen LogP contribution in [0.2, 0.25) is 0 Å². The fourth-order valence-electron chi connectivity index (χ4n) is 2.10. The molecule has 92 valence electrons. The van der Waals surface area contributed by atoms with E-state index < -0.39 is 0 Å². The Morgan fingerprint density at radius 1 is 1.53 bits per heavy atom. The second kappa shape index (κ2) is 5.77. The summed E-state index contributed by atoms with van der Waals surface area (Å²) in [6.07, 6.45) is 3.67. The third-order valence-electron chi connectivity index (χ3n) is 2.99. The summed E-state index contributed by atoms with van der Waals surface area (Å²) in [6, 6.07) is 6.43. The number of carbonyl (C=O) groups excluding carboxylic acids is 1. The Morgan fingerprint density at radius 2 is 2.41 bits per heavy atom. The van der Waals surface area contributed by atoms with Crippen LogP contribution in [0.4, 0.5) is 10.1 Å². The van der Waals surface area contributed by atoms with Gasteiger partial charge < -0.3 is 10.6 Å². The van der Waals surface area contributed by atoms with E-state index in [2.05, 4.69) is 10.6 Å². The minimum absolute atomic E-state index is 0.0516. The van der Waals surface area contributed by atoms with E-state index in [-0.39, 0.29) is 11.7 Å². The van der Waals surface area contributed by atoms with Crippen LogP contribution < -0.4 is 10.6 Å². The Hall–Kier alpha value is -1.42. The summed E-state index contributed by atoms with van der Waals surface area (Å²) in [7, 11) is 0. The molecule has 0 saturated carbocycles. The summed E-state index contributed by atoms with van der Waals surface area (Å²) in [5.74, 6) is -0.385. The second-order valence-electron chi connectivity index (χ2n) is 4.39. The number of halogens is 1. The molecule has 1 aliphatic heterocycles. The van der Waals surface area contributed by atoms with Crippen LogP contribution >= 0.6 is 0 Å². The zero-order chi connectivity index (χ0) is 12.1. The van der Waals surface area contributed by atoms with Crippen molar-refractivity contribution >= 4 is 11.6 Å². The van der Waals surface area contributed by atoms with Crippen LogP contribution in [0.5, 0.6) is 0 Å². The molecule has 3 nitrogen and oxygen atoms in total. The molecule has 1 heterocycles. The quantitative estimate of drug-likeness (QED) is 0.842. The molecule has 1 aromatic carbocycles. The van der Waals surface area contributed by atoms with Gasteiger partial charge in [0.15, 0.2) is 0 Å². The van der Waals surface area contributed by atoms with Crippen molar-refractivity contribution < 1.29 is 9.18 Å². The predicted molar refractivity (Wildman–Crippen MR) is 65.3 cm³/mol. The second-order valence-corrected chi connectivity index (χ2v) is 4.39. The third kappa shape index (κ3) is 3.82. The van der Waals surface area contributed by atoms with E-state index in [1.54, 1.807) is 12.1 Å². The van der Waals surface area contributed by atoms with Gasteiger partial charge in [-0.3, -0.25) is 4.79 Å². The van der Waals surface area contributed by atoms with Gasteiger partial charge >= 0.3 is 0 Å². The normalized spacial score (nSPS) is 19.2. The van der Waals surface area contributed by atoms with E-state index in [0.29, 0.717) is 18.2 Å². The van der Waals surface area contributed by atoms with Crippen LogP contribution in [0.15, 0.2) is 24.3 Å². The lowest BCUT2D eigenvalue weighted by molar-refractivity contribution is -0.116. The fraction of sp³-hybridized carbons (Fsp3) is 0.462. The van der Waals surface area contributed by atoms with Crippen molar-refractivity contribution in [2.75, 3.05) is 11.9 Å². The number of benzene rings is 1. The molecule has 0 aliphatic carbocycles. The minimum Gasteiger partial charge on any atom is -0.326 e. The zero-order valence-corrected chi connectivity index (χ0v) is 9.71. The van der Waals surface area contributed by atoms with Crippen molar-refractivity contribution in [3.63, 3.8) is 0 Å². The number of carbonyl (C=O) groups is 1. The summed E-state index contributed by atoms with van der Waals surface area (Å²) < 4.78 is 12.9. The predicted octanol–water partition coefficient (Wildman–Crippen LogP) is 2.30. The number of nitrogens with one attached hydrogen (secondary N) is 2. The number of hydrogen-bond donors (Lipinski definition) is 2. The van der Waals surface area contributed by atoms with E-state index in [1.807, 2.05) is 0 Å². The number of anilines is 1. The topological polar surface area (TPSA) is 41.1 Å². The Balaban J connectivity index is 1.76. The Morgan fingerprint density at radius 3 is 3.12 bits per heavy atom. The maximum absolute atomic E-state index is 12.9. The van der Waals surface area contributed by atoms with Crippen LogP contribution in [0.1, 0.15) is 25.7 Å². The van der Waals surface area contributed by atoms with Gasteiger partial charge in [-0.2, -0.15) is 0 Å². The number of amides is 1. The summed E-state index contributed by atoms with van der Waals surface area (Å²) in [5, 5.41) is 6.04. The summed E-state index contributed by atoms with van der Waals surface area (Å²) in [4.78, 5) is 11.6. The maximum atomic E-state index is 12.9. The minimum atomic E-state index is -0.333. The Bertz CT molecular complexity index is 389. The zero-order valence-electron chi connectivity index (χ0n) is 9.71. The molecular formula is C13H17FN2O. The lowest BCUT2D eigenvalue weighted by Crippen LogP contribution is -2.23. The molecule has 1 aliphatic rings. The van der Waals surface area contributed by atoms with Gasteiger partial charge in [0, 0.05) is 18.2 Å². The van der Waals surface area contributed by atoms with Crippen LogP contribution in [0, 0.1) is 5.82 Å². The highest BCUT2D eigenvalue weighted by Crippen LogP contribution is 2.13. The van der Waals surface area contributed by atoms with Crippen molar-refractivity contribution in [1.29, 1.82) is 0 Å². The SMILES string of the molecule is O=C(CCC1CCCN1)Nc1cccc(F)c1. The molecule has 2 rings (SSSR count). The van der Waals surface area contributed by atoms with Crippen molar-refractivity contribution in [1.82, 2.24) is 5.32 Å². The fourth-order valence-corrected chi connectivity index (χ4v) is 2.10. The van der Waals surface area contributed by atoms with E-state index in [0.717, 1.165) is 19.4 Å². The van der Waals surface area contributed by atoms with Crippen molar-refractivity contribution in [2.45, 2.75) is 31.7 Å². The van der Waals surface area contributed by atoms with Gasteiger partial charge in [0.25, 0.3) is 0 Å². The summed E-state index contributed by atoms with van der Waals surface area (Å²) >= 11 is 0. The largest absolute Gasteiger partial charge is 0.326 e. The van der Waals surface area contributed by atoms with Gasteiger partial charge in [-0.1, -0.05) is 6.07 Å². The molecule has 0 bridgehead atoms. The maximum Gasteiger partial charge on any atom is 0.224 e. The average molecular weight is 236 g/mol. The number of hydrogen-bond acceptors (Lipinski definition) is 2. The number of rotatable bonds is 4. The first-order valence-corrected chi connectivity index (χ1v) is 6.03. The van der Waals surface area contributed by atoms with E-state index in [1.165, 1.54) is 18.6 Å². The highest BCUT2D eigenvalue weighted by molar-refractivity contribution is 5.90. The highest BCUT2D eigenvalue weighted by Gasteiger charge is 2.15. The third-order valence-corrected chi connectivity index (χ3v) is 2.99. The first kappa shape index (κ1) is 12.0. The molecule has 1 amide bonds. The van der Waals surface area contributed by atoms with Crippen LogP contribution in [-0.4, -0.2) is 18.5 Å². The lowest BCUT2D eigenvalue weighted by Gasteiger charge is -2.10. The van der Waals surface area contributed by atoms with E-state index in [4.69, 9.17) is 0 Å². The van der Waals surface area contributed by atoms with Crippen LogP contribution in [0.25, 0.3) is 0 Å². The molecule has 0 spiro atoms. The highest BCUT2D eigenvalue weighted by atomic mass is 19.1. The van der Waals surface area contributed by atoms with Gasteiger partial charge in [-0.05, 0) is 44.0 Å². The standard InChI is InChI=1S/C13H17FN2O/c14-10-3-1-4-12(9-10)16-13(17)7-6-11-5-2-8-15-11/h1,3-4,9,11,15H,2,5-8H2,(H,16,17). The summed E-state index contributed by atoms with van der Waals surface area (Å²) in [6.45, 7) is 1.05. The van der Waals surface area contributed by atoms with Crippen LogP contribution in [0.3, 0.4) is 0 Å². The molecule has 17 heavy (non-hydrogen) atoms. The Labute approximate surface area is 100 Å². The van der Waals surface area contributed by atoms with Gasteiger partial charge in [0.05, 0.1) is 0 Å². The van der Waals surface area contributed by atoms with Gasteiger partial charge in [0.2, 0.25) is 5.91 Å².